The van der Waals surface area contributed by atoms with Gasteiger partial charge in [-0.1, -0.05) is 21.7 Å². The van der Waals surface area contributed by atoms with Crippen molar-refractivity contribution < 1.29 is 8.85 Å². The van der Waals surface area contributed by atoms with Gasteiger partial charge < -0.3 is 8.85 Å². The molecule has 0 bridgehead atoms. The van der Waals surface area contributed by atoms with Crippen molar-refractivity contribution in [2.75, 3.05) is 14.2 Å². The van der Waals surface area contributed by atoms with E-state index in [0.717, 1.165) is 0 Å². The van der Waals surface area contributed by atoms with E-state index in [1.807, 2.05) is 0 Å². The van der Waals surface area contributed by atoms with Crippen LogP contribution in [0.15, 0.2) is 0 Å². The van der Waals surface area contributed by atoms with Crippen LogP contribution in [0.25, 0.3) is 0 Å². The van der Waals surface area contributed by atoms with Crippen LogP contribution >= 0.6 is 15.3 Å². The van der Waals surface area contributed by atoms with Crippen molar-refractivity contribution in [2.24, 2.45) is 0 Å². The second-order valence-electron chi connectivity index (χ2n) is 2.62. The summed E-state index contributed by atoms with van der Waals surface area (Å²) >= 11 is 3.55. The predicted molar refractivity (Wildman–Crippen MR) is 46.3 cm³/mol. The van der Waals surface area contributed by atoms with Gasteiger partial charge in [0.2, 0.25) is 0 Å². The molecule has 0 heterocycles. The zero-order valence-electron chi connectivity index (χ0n) is 6.39. The number of rotatable bonds is 3. The van der Waals surface area contributed by atoms with Crippen LogP contribution < -0.4 is 0 Å². The molecule has 0 aromatic heterocycles. The SMILES string of the molecule is CO[Si](Br)(OC)C1CCC1. The molecule has 0 unspecified atom stereocenters. The fourth-order valence-corrected chi connectivity index (χ4v) is 4.47. The Bertz CT molecular complexity index is 112. The van der Waals surface area contributed by atoms with Crippen LogP contribution in [0.2, 0.25) is 5.54 Å². The number of hydrogen-bond donors (Lipinski definition) is 0. The van der Waals surface area contributed by atoms with Gasteiger partial charge in [0.15, 0.2) is 0 Å². The summed E-state index contributed by atoms with van der Waals surface area (Å²) in [4.78, 5) is 0. The molecule has 0 atom stereocenters. The van der Waals surface area contributed by atoms with Gasteiger partial charge in [0.05, 0.1) is 0 Å². The molecule has 60 valence electrons. The molecule has 10 heavy (non-hydrogen) atoms. The van der Waals surface area contributed by atoms with Crippen molar-refractivity contribution in [3.05, 3.63) is 0 Å². The summed E-state index contributed by atoms with van der Waals surface area (Å²) in [6, 6.07) is 0. The molecule has 0 aliphatic heterocycles. The maximum atomic E-state index is 5.32. The van der Waals surface area contributed by atoms with Gasteiger partial charge in [0, 0.05) is 19.8 Å². The molecule has 0 aromatic carbocycles. The lowest BCUT2D eigenvalue weighted by Crippen LogP contribution is -2.41. The highest BCUT2D eigenvalue weighted by molar-refractivity contribution is 9.25. The largest absolute Gasteiger partial charge is 0.416 e. The van der Waals surface area contributed by atoms with Gasteiger partial charge in [-0.05, 0) is 12.8 Å². The van der Waals surface area contributed by atoms with E-state index in [4.69, 9.17) is 8.85 Å². The third-order valence-corrected chi connectivity index (χ3v) is 8.70. The molecule has 0 saturated heterocycles. The van der Waals surface area contributed by atoms with Gasteiger partial charge in [-0.25, -0.2) is 0 Å². The van der Waals surface area contributed by atoms with Crippen LogP contribution in [-0.2, 0) is 8.85 Å². The van der Waals surface area contributed by atoms with Crippen LogP contribution in [0.4, 0.5) is 0 Å². The van der Waals surface area contributed by atoms with Crippen LogP contribution in [0.5, 0.6) is 0 Å². The fourth-order valence-electron chi connectivity index (χ4n) is 1.17. The van der Waals surface area contributed by atoms with Crippen LogP contribution in [0.1, 0.15) is 19.3 Å². The van der Waals surface area contributed by atoms with Gasteiger partial charge in [0.25, 0.3) is 0 Å². The molecular weight excluding hydrogens is 212 g/mol. The molecule has 0 aromatic rings. The normalized spacial score (nSPS) is 20.7. The Balaban J connectivity index is 2.44. The summed E-state index contributed by atoms with van der Waals surface area (Å²) in [5.41, 5.74) is 0.669. The van der Waals surface area contributed by atoms with Crippen molar-refractivity contribution in [2.45, 2.75) is 24.8 Å². The molecule has 0 amide bonds. The third kappa shape index (κ3) is 1.44. The standard InChI is InChI=1S/C6H13BrO2Si/c1-8-10(7,9-2)6-4-3-5-6/h6H,3-5H2,1-2H3. The van der Waals surface area contributed by atoms with E-state index in [2.05, 4.69) is 15.3 Å². The molecule has 2 nitrogen and oxygen atoms in total. The van der Waals surface area contributed by atoms with Gasteiger partial charge in [-0.2, -0.15) is 0 Å². The average Bonchev–Trinajstić information content (AvgIpc) is 1.84. The second kappa shape index (κ2) is 3.34. The van der Waals surface area contributed by atoms with E-state index in [1.54, 1.807) is 14.2 Å². The van der Waals surface area contributed by atoms with Crippen LogP contribution in [0, 0.1) is 0 Å². The Morgan fingerprint density at radius 3 is 1.90 bits per heavy atom. The Labute approximate surface area is 70.7 Å². The summed E-state index contributed by atoms with van der Waals surface area (Å²) in [5, 5.41) is 0. The van der Waals surface area contributed by atoms with Gasteiger partial charge >= 0.3 is 7.18 Å². The molecule has 1 rings (SSSR count). The quantitative estimate of drug-likeness (QED) is 0.541. The highest BCUT2D eigenvalue weighted by atomic mass is 79.9. The van der Waals surface area contributed by atoms with Crippen molar-refractivity contribution in [3.63, 3.8) is 0 Å². The Morgan fingerprint density at radius 1 is 1.30 bits per heavy atom. The highest BCUT2D eigenvalue weighted by Crippen LogP contribution is 2.44. The predicted octanol–water partition coefficient (Wildman–Crippen LogP) is 2.17. The van der Waals surface area contributed by atoms with E-state index >= 15 is 0 Å². The van der Waals surface area contributed by atoms with E-state index in [0.29, 0.717) is 5.54 Å². The summed E-state index contributed by atoms with van der Waals surface area (Å²) in [7, 11) is 1.55. The van der Waals surface area contributed by atoms with E-state index in [-0.39, 0.29) is 0 Å². The fraction of sp³-hybridized carbons (Fsp3) is 1.00. The first-order valence-corrected chi connectivity index (χ1v) is 7.67. The first-order valence-electron chi connectivity index (χ1n) is 3.52. The minimum atomic E-state index is -1.90. The van der Waals surface area contributed by atoms with Crippen LogP contribution in [-0.4, -0.2) is 21.4 Å². The minimum absolute atomic E-state index is 0.669. The molecule has 1 aliphatic carbocycles. The molecule has 1 fully saturated rings. The Hall–Kier alpha value is 0.617. The minimum Gasteiger partial charge on any atom is -0.390 e. The first-order chi connectivity index (χ1) is 4.73. The van der Waals surface area contributed by atoms with Crippen molar-refractivity contribution in [3.8, 4) is 0 Å². The van der Waals surface area contributed by atoms with Crippen molar-refractivity contribution in [1.82, 2.24) is 0 Å². The third-order valence-electron chi connectivity index (χ3n) is 2.15. The summed E-state index contributed by atoms with van der Waals surface area (Å²) in [6.07, 6.45) is 3.86. The Kier molecular flexibility index (Phi) is 2.91. The van der Waals surface area contributed by atoms with E-state index < -0.39 is 7.18 Å². The maximum Gasteiger partial charge on any atom is 0.416 e. The monoisotopic (exact) mass is 224 g/mol. The Morgan fingerprint density at radius 2 is 1.80 bits per heavy atom. The molecular formula is C6H13BrO2Si. The highest BCUT2D eigenvalue weighted by Gasteiger charge is 2.45. The van der Waals surface area contributed by atoms with Crippen LogP contribution in [0.3, 0.4) is 0 Å². The zero-order chi connectivity index (χ0) is 7.61. The van der Waals surface area contributed by atoms with Crippen molar-refractivity contribution >= 4 is 22.5 Å². The molecule has 4 heteroatoms. The van der Waals surface area contributed by atoms with E-state index in [9.17, 15) is 0 Å². The lowest BCUT2D eigenvalue weighted by molar-refractivity contribution is 0.236. The summed E-state index contributed by atoms with van der Waals surface area (Å²) < 4.78 is 10.6. The lowest BCUT2D eigenvalue weighted by atomic mass is 10.00. The molecule has 1 saturated carbocycles. The molecule has 0 N–H and O–H groups in total. The molecule has 0 spiro atoms. The lowest BCUT2D eigenvalue weighted by Gasteiger charge is -2.35. The maximum absolute atomic E-state index is 5.32. The molecule has 0 radical (unpaired) electrons. The smallest absolute Gasteiger partial charge is 0.390 e. The van der Waals surface area contributed by atoms with Gasteiger partial charge in [0.1, 0.15) is 0 Å². The second-order valence-corrected chi connectivity index (χ2v) is 8.73. The number of hydrogen-bond acceptors (Lipinski definition) is 2. The van der Waals surface area contributed by atoms with Gasteiger partial charge in [-0.15, -0.1) is 0 Å². The van der Waals surface area contributed by atoms with E-state index in [1.165, 1.54) is 19.3 Å². The summed E-state index contributed by atoms with van der Waals surface area (Å²) in [5.74, 6) is 0. The average molecular weight is 225 g/mol. The molecule has 1 aliphatic rings. The topological polar surface area (TPSA) is 18.5 Å². The number of halogens is 1. The zero-order valence-corrected chi connectivity index (χ0v) is 8.98. The van der Waals surface area contributed by atoms with Crippen molar-refractivity contribution in [1.29, 1.82) is 0 Å². The van der Waals surface area contributed by atoms with Gasteiger partial charge in [-0.3, -0.25) is 0 Å². The summed E-state index contributed by atoms with van der Waals surface area (Å²) in [6.45, 7) is 0. The first kappa shape index (κ1) is 8.71.